The van der Waals surface area contributed by atoms with Crippen molar-refractivity contribution in [3.63, 3.8) is 0 Å². The second-order valence-corrected chi connectivity index (χ2v) is 14.7. The zero-order chi connectivity index (χ0) is 31.3. The van der Waals surface area contributed by atoms with Crippen LogP contribution in [0.25, 0.3) is 0 Å². The van der Waals surface area contributed by atoms with E-state index in [1.807, 2.05) is 0 Å². The average Bonchev–Trinajstić information content (AvgIpc) is 3.00. The van der Waals surface area contributed by atoms with Gasteiger partial charge in [0.15, 0.2) is 0 Å². The molecule has 2 heterocycles. The molecule has 0 spiro atoms. The van der Waals surface area contributed by atoms with Gasteiger partial charge in [-0.1, -0.05) is 29.8 Å². The predicted molar refractivity (Wildman–Crippen MR) is 171 cm³/mol. The molecule has 9 nitrogen and oxygen atoms in total. The molecule has 2 aromatic rings. The monoisotopic (exact) mass is 644 g/mol. The molecular formula is C33H45ClN4O5S. The van der Waals surface area contributed by atoms with Gasteiger partial charge in [-0.15, -0.1) is 0 Å². The SMILES string of the molecule is Cc1cc(S(=O)(=O)N2CCNC(=O)C2CC(=O)N[C@@H]2CCCc3cc(CCCNCC4CCOCC4)ccc32)c(C)cc1Cl. The zero-order valence-corrected chi connectivity index (χ0v) is 27.4. The van der Waals surface area contributed by atoms with E-state index in [1.54, 1.807) is 19.9 Å². The van der Waals surface area contributed by atoms with Gasteiger partial charge in [0.05, 0.1) is 17.4 Å². The number of nitrogens with zero attached hydrogens (tertiary/aromatic N) is 1. The lowest BCUT2D eigenvalue weighted by Crippen LogP contribution is -2.58. The van der Waals surface area contributed by atoms with Crippen molar-refractivity contribution >= 4 is 33.4 Å². The lowest BCUT2D eigenvalue weighted by Gasteiger charge is -2.34. The standard InChI is InChI=1S/C33H45ClN4O5S/c1-22-18-31(23(2)17-28(22)34)44(41,42)38-14-13-36-33(40)30(38)20-32(39)37-29-7-3-6-26-19-24(8-9-27(26)29)5-4-12-35-21-25-10-15-43-16-11-25/h8-9,17-19,25,29-30,35H,3-7,10-16,20-21H2,1-2H3,(H,36,40)(H,37,39)/t29-,30?/m1/s1. The highest BCUT2D eigenvalue weighted by atomic mass is 35.5. The van der Waals surface area contributed by atoms with E-state index in [0.717, 1.165) is 82.7 Å². The van der Waals surface area contributed by atoms with E-state index in [1.165, 1.54) is 21.5 Å². The Morgan fingerprint density at radius 3 is 2.70 bits per heavy atom. The zero-order valence-electron chi connectivity index (χ0n) is 25.8. The smallest absolute Gasteiger partial charge is 0.244 e. The Bertz CT molecular complexity index is 1460. The molecule has 0 aromatic heterocycles. The first-order valence-electron chi connectivity index (χ1n) is 15.9. The molecule has 0 saturated carbocycles. The van der Waals surface area contributed by atoms with E-state index in [4.69, 9.17) is 16.3 Å². The van der Waals surface area contributed by atoms with Crippen molar-refractivity contribution in [3.8, 4) is 0 Å². The third-order valence-electron chi connectivity index (χ3n) is 9.15. The number of halogens is 1. The minimum Gasteiger partial charge on any atom is -0.381 e. The summed E-state index contributed by atoms with van der Waals surface area (Å²) in [4.78, 5) is 26.4. The number of rotatable bonds is 11. The van der Waals surface area contributed by atoms with Crippen LogP contribution in [0.3, 0.4) is 0 Å². The summed E-state index contributed by atoms with van der Waals surface area (Å²) in [7, 11) is -4.04. The minimum atomic E-state index is -4.04. The number of carbonyl (C=O) groups excluding carboxylic acids is 2. The van der Waals surface area contributed by atoms with E-state index < -0.39 is 22.0 Å². The Balaban J connectivity index is 1.19. The number of fused-ring (bicyclic) bond motifs is 1. The maximum atomic E-state index is 13.7. The topological polar surface area (TPSA) is 117 Å². The van der Waals surface area contributed by atoms with Crippen molar-refractivity contribution in [2.24, 2.45) is 5.92 Å². The number of sulfonamides is 1. The van der Waals surface area contributed by atoms with Crippen LogP contribution in [0.4, 0.5) is 0 Å². The number of hydrogen-bond acceptors (Lipinski definition) is 6. The van der Waals surface area contributed by atoms with Gasteiger partial charge in [-0.25, -0.2) is 8.42 Å². The Labute approximate surface area is 266 Å². The molecule has 11 heteroatoms. The van der Waals surface area contributed by atoms with Gasteiger partial charge in [-0.3, -0.25) is 9.59 Å². The normalized spacial score (nSPS) is 21.5. The van der Waals surface area contributed by atoms with Crippen LogP contribution in [-0.4, -0.2) is 70.0 Å². The van der Waals surface area contributed by atoms with E-state index in [-0.39, 0.29) is 36.4 Å². The Morgan fingerprint density at radius 1 is 1.11 bits per heavy atom. The lowest BCUT2D eigenvalue weighted by atomic mass is 9.86. The van der Waals surface area contributed by atoms with E-state index in [0.29, 0.717) is 16.1 Å². The van der Waals surface area contributed by atoms with Crippen LogP contribution in [0.1, 0.15) is 72.4 Å². The number of ether oxygens (including phenoxy) is 1. The summed E-state index contributed by atoms with van der Waals surface area (Å²) in [5.41, 5.74) is 4.79. The molecule has 1 unspecified atom stereocenters. The number of nitrogens with one attached hydrogen (secondary N) is 3. The van der Waals surface area contributed by atoms with Crippen LogP contribution >= 0.6 is 11.6 Å². The summed E-state index contributed by atoms with van der Waals surface area (Å²) < 4.78 is 34.1. The predicted octanol–water partition coefficient (Wildman–Crippen LogP) is 3.98. The van der Waals surface area contributed by atoms with Crippen molar-refractivity contribution in [3.05, 3.63) is 63.2 Å². The second-order valence-electron chi connectivity index (χ2n) is 12.4. The molecule has 2 fully saturated rings. The molecule has 2 saturated heterocycles. The fourth-order valence-electron chi connectivity index (χ4n) is 6.61. The number of amides is 2. The summed E-state index contributed by atoms with van der Waals surface area (Å²) in [6.07, 6.45) is 6.83. The largest absolute Gasteiger partial charge is 0.381 e. The van der Waals surface area contributed by atoms with Gasteiger partial charge in [0, 0.05) is 31.3 Å². The van der Waals surface area contributed by atoms with Crippen LogP contribution in [-0.2, 0) is 37.2 Å². The summed E-state index contributed by atoms with van der Waals surface area (Å²) in [5.74, 6) is -0.0837. The van der Waals surface area contributed by atoms with Crippen LogP contribution in [0.5, 0.6) is 0 Å². The highest BCUT2D eigenvalue weighted by Gasteiger charge is 2.40. The Hall–Kier alpha value is -2.50. The summed E-state index contributed by atoms with van der Waals surface area (Å²) in [5, 5.41) is 9.94. The van der Waals surface area contributed by atoms with Gasteiger partial charge >= 0.3 is 0 Å². The summed E-state index contributed by atoms with van der Waals surface area (Å²) in [6, 6.07) is 8.40. The molecule has 3 aliphatic rings. The molecule has 1 aliphatic carbocycles. The second kappa shape index (κ2) is 14.7. The van der Waals surface area contributed by atoms with Crippen molar-refractivity contribution < 1.29 is 22.7 Å². The van der Waals surface area contributed by atoms with Gasteiger partial charge in [0.25, 0.3) is 0 Å². The van der Waals surface area contributed by atoms with Gasteiger partial charge in [0.2, 0.25) is 21.8 Å². The summed E-state index contributed by atoms with van der Waals surface area (Å²) >= 11 is 6.21. The van der Waals surface area contributed by atoms with E-state index in [2.05, 4.69) is 34.1 Å². The number of hydrogen-bond donors (Lipinski definition) is 3. The van der Waals surface area contributed by atoms with Crippen LogP contribution < -0.4 is 16.0 Å². The van der Waals surface area contributed by atoms with E-state index >= 15 is 0 Å². The molecule has 44 heavy (non-hydrogen) atoms. The van der Waals surface area contributed by atoms with Gasteiger partial charge in [0.1, 0.15) is 6.04 Å². The first kappa shape index (κ1) is 32.9. The number of benzene rings is 2. The number of piperazine rings is 1. The highest BCUT2D eigenvalue weighted by molar-refractivity contribution is 7.89. The fourth-order valence-corrected chi connectivity index (χ4v) is 8.71. The van der Waals surface area contributed by atoms with Crippen LogP contribution in [0.15, 0.2) is 35.2 Å². The molecule has 5 rings (SSSR count). The van der Waals surface area contributed by atoms with Crippen molar-refractivity contribution in [2.45, 2.75) is 82.2 Å². The van der Waals surface area contributed by atoms with Crippen LogP contribution in [0.2, 0.25) is 5.02 Å². The van der Waals surface area contributed by atoms with Gasteiger partial charge in [-0.2, -0.15) is 4.31 Å². The molecule has 2 amide bonds. The molecule has 0 radical (unpaired) electrons. The molecule has 2 aromatic carbocycles. The first-order valence-corrected chi connectivity index (χ1v) is 17.7. The fraction of sp³-hybridized carbons (Fsp3) is 0.576. The average molecular weight is 645 g/mol. The van der Waals surface area contributed by atoms with Gasteiger partial charge in [-0.05, 0) is 118 Å². The quantitative estimate of drug-likeness (QED) is 0.319. The number of aryl methyl sites for hydroxylation is 4. The molecule has 2 aliphatic heterocycles. The molecular weight excluding hydrogens is 600 g/mol. The third-order valence-corrected chi connectivity index (χ3v) is 11.6. The molecule has 240 valence electrons. The van der Waals surface area contributed by atoms with Crippen molar-refractivity contribution in [1.82, 2.24) is 20.3 Å². The van der Waals surface area contributed by atoms with Crippen LogP contribution in [0, 0.1) is 19.8 Å². The summed E-state index contributed by atoms with van der Waals surface area (Å²) in [6.45, 7) is 7.51. The molecule has 2 atom stereocenters. The van der Waals surface area contributed by atoms with E-state index in [9.17, 15) is 18.0 Å². The minimum absolute atomic E-state index is 0.0905. The first-order chi connectivity index (χ1) is 21.1. The molecule has 0 bridgehead atoms. The number of carbonyl (C=O) groups is 2. The molecule has 3 N–H and O–H groups in total. The Kier molecular flexibility index (Phi) is 11.0. The maximum Gasteiger partial charge on any atom is 0.244 e. The maximum absolute atomic E-state index is 13.7. The Morgan fingerprint density at radius 2 is 1.91 bits per heavy atom. The van der Waals surface area contributed by atoms with Gasteiger partial charge < -0.3 is 20.7 Å². The lowest BCUT2D eigenvalue weighted by molar-refractivity contribution is -0.132. The third kappa shape index (κ3) is 7.83. The van der Waals surface area contributed by atoms with Crippen molar-refractivity contribution in [2.75, 3.05) is 39.4 Å². The van der Waals surface area contributed by atoms with Crippen molar-refractivity contribution in [1.29, 1.82) is 0 Å². The highest BCUT2D eigenvalue weighted by Crippen LogP contribution is 2.32.